The summed E-state index contributed by atoms with van der Waals surface area (Å²) in [5.74, 6) is 2.47. The van der Waals surface area contributed by atoms with Crippen LogP contribution in [0.3, 0.4) is 0 Å². The van der Waals surface area contributed by atoms with E-state index in [0.29, 0.717) is 0 Å². The predicted molar refractivity (Wildman–Crippen MR) is 102 cm³/mol. The Morgan fingerprint density at radius 1 is 0.846 bits per heavy atom. The number of hydrogen-bond donors (Lipinski definition) is 0. The molecule has 2 nitrogen and oxygen atoms in total. The van der Waals surface area contributed by atoms with Gasteiger partial charge in [0.1, 0.15) is 5.82 Å². The minimum Gasteiger partial charge on any atom is -0.350 e. The maximum absolute atomic E-state index is 13.1. The third kappa shape index (κ3) is 4.55. The van der Waals surface area contributed by atoms with Crippen LogP contribution in [-0.2, 0) is 9.47 Å². The zero-order valence-electron chi connectivity index (χ0n) is 15.7. The molecule has 0 bridgehead atoms. The van der Waals surface area contributed by atoms with Gasteiger partial charge in [-0.15, -0.1) is 0 Å². The zero-order valence-corrected chi connectivity index (χ0v) is 15.7. The fraction of sp³-hybridized carbons (Fsp3) is 0.652. The lowest BCUT2D eigenvalue weighted by atomic mass is 9.70. The fourth-order valence-electron chi connectivity index (χ4n) is 5.10. The molecule has 1 saturated carbocycles. The van der Waals surface area contributed by atoms with Crippen molar-refractivity contribution in [3.05, 3.63) is 41.7 Å². The molecule has 4 rings (SSSR count). The molecular weight excluding hydrogens is 327 g/mol. The molecule has 1 aliphatic heterocycles. The first-order valence-electron chi connectivity index (χ1n) is 10.5. The summed E-state index contributed by atoms with van der Waals surface area (Å²) in [7, 11) is 0. The van der Waals surface area contributed by atoms with Crippen LogP contribution >= 0.6 is 0 Å². The third-order valence-electron chi connectivity index (χ3n) is 6.73. The molecule has 0 aromatic heterocycles. The first-order chi connectivity index (χ1) is 12.8. The minimum atomic E-state index is -0.147. The smallest absolute Gasteiger partial charge is 0.157 e. The Hall–Kier alpha value is -1.19. The maximum atomic E-state index is 13.1. The first-order valence-corrected chi connectivity index (χ1v) is 10.5. The van der Waals surface area contributed by atoms with Gasteiger partial charge in [0.15, 0.2) is 6.29 Å². The maximum Gasteiger partial charge on any atom is 0.157 e. The van der Waals surface area contributed by atoms with E-state index in [0.717, 1.165) is 43.8 Å². The van der Waals surface area contributed by atoms with Gasteiger partial charge in [0.05, 0.1) is 13.2 Å². The molecule has 3 aliphatic rings. The summed E-state index contributed by atoms with van der Waals surface area (Å²) in [4.78, 5) is 0. The summed E-state index contributed by atoms with van der Waals surface area (Å²) in [6.45, 7) is 1.54. The molecule has 1 aromatic carbocycles. The van der Waals surface area contributed by atoms with E-state index in [-0.39, 0.29) is 12.1 Å². The standard InChI is InChI=1S/C23H31FO2/c24-22-12-10-21(11-13-22)20-8-6-19(7-9-20)18-4-1-17(2-5-18)3-14-23-25-15-16-26-23/h8,10-13,17-19,23H,1-7,9,14-16H2/t17-,18-,19?. The van der Waals surface area contributed by atoms with Crippen LogP contribution < -0.4 is 0 Å². The van der Waals surface area contributed by atoms with Gasteiger partial charge in [-0.1, -0.05) is 31.1 Å². The van der Waals surface area contributed by atoms with Gasteiger partial charge in [-0.25, -0.2) is 4.39 Å². The van der Waals surface area contributed by atoms with Crippen LogP contribution in [0.1, 0.15) is 63.4 Å². The van der Waals surface area contributed by atoms with Gasteiger partial charge in [-0.3, -0.25) is 0 Å². The summed E-state index contributed by atoms with van der Waals surface area (Å²) in [6, 6.07) is 6.99. The number of halogens is 1. The summed E-state index contributed by atoms with van der Waals surface area (Å²) < 4.78 is 24.2. The zero-order chi connectivity index (χ0) is 17.8. The normalized spacial score (nSPS) is 30.3. The van der Waals surface area contributed by atoms with Crippen LogP contribution in [-0.4, -0.2) is 19.5 Å². The Balaban J connectivity index is 1.22. The minimum absolute atomic E-state index is 0.0705. The van der Waals surface area contributed by atoms with Crippen molar-refractivity contribution in [3.8, 4) is 0 Å². The molecule has 2 fully saturated rings. The van der Waals surface area contributed by atoms with E-state index >= 15 is 0 Å². The van der Waals surface area contributed by atoms with Crippen molar-refractivity contribution in [3.63, 3.8) is 0 Å². The highest BCUT2D eigenvalue weighted by Gasteiger charge is 2.29. The number of ether oxygens (including phenoxy) is 2. The van der Waals surface area contributed by atoms with Gasteiger partial charge in [0.2, 0.25) is 0 Å². The van der Waals surface area contributed by atoms with Crippen molar-refractivity contribution in [2.45, 2.75) is 64.1 Å². The molecule has 0 N–H and O–H groups in total. The number of hydrogen-bond acceptors (Lipinski definition) is 2. The van der Waals surface area contributed by atoms with E-state index in [9.17, 15) is 4.39 Å². The summed E-state index contributed by atoms with van der Waals surface area (Å²) in [5.41, 5.74) is 2.61. The number of rotatable bonds is 5. The van der Waals surface area contributed by atoms with Crippen molar-refractivity contribution in [2.75, 3.05) is 13.2 Å². The van der Waals surface area contributed by atoms with Gasteiger partial charge < -0.3 is 9.47 Å². The van der Waals surface area contributed by atoms with E-state index in [1.807, 2.05) is 12.1 Å². The molecule has 1 saturated heterocycles. The summed E-state index contributed by atoms with van der Waals surface area (Å²) in [6.07, 6.45) is 14.0. The molecule has 142 valence electrons. The Morgan fingerprint density at radius 3 is 2.23 bits per heavy atom. The monoisotopic (exact) mass is 358 g/mol. The Kier molecular flexibility index (Phi) is 6.06. The second kappa shape index (κ2) is 8.67. The fourth-order valence-corrected chi connectivity index (χ4v) is 5.10. The Bertz CT molecular complexity index is 595. The van der Waals surface area contributed by atoms with Crippen LogP contribution in [0, 0.1) is 23.6 Å². The van der Waals surface area contributed by atoms with Crippen molar-refractivity contribution in [1.82, 2.24) is 0 Å². The highest BCUT2D eigenvalue weighted by atomic mass is 19.1. The molecule has 0 spiro atoms. The van der Waals surface area contributed by atoms with Crippen LogP contribution in [0.2, 0.25) is 0 Å². The molecule has 3 heteroatoms. The van der Waals surface area contributed by atoms with Crippen molar-refractivity contribution < 1.29 is 13.9 Å². The van der Waals surface area contributed by atoms with E-state index in [1.54, 1.807) is 12.1 Å². The average Bonchev–Trinajstić information content (AvgIpc) is 3.21. The van der Waals surface area contributed by atoms with Gasteiger partial charge in [-0.2, -0.15) is 0 Å². The quantitative estimate of drug-likeness (QED) is 0.646. The molecule has 1 heterocycles. The molecule has 1 aromatic rings. The van der Waals surface area contributed by atoms with Gasteiger partial charge in [0.25, 0.3) is 0 Å². The molecule has 1 unspecified atom stereocenters. The molecule has 26 heavy (non-hydrogen) atoms. The molecular formula is C23H31FO2. The lowest BCUT2D eigenvalue weighted by Gasteiger charge is -2.35. The number of allylic oxidation sites excluding steroid dienone is 2. The Labute approximate surface area is 156 Å². The third-order valence-corrected chi connectivity index (χ3v) is 6.73. The lowest BCUT2D eigenvalue weighted by Crippen LogP contribution is -2.23. The second-order valence-electron chi connectivity index (χ2n) is 8.30. The Morgan fingerprint density at radius 2 is 1.58 bits per heavy atom. The molecule has 0 amide bonds. The van der Waals surface area contributed by atoms with Crippen molar-refractivity contribution >= 4 is 5.57 Å². The van der Waals surface area contributed by atoms with Crippen molar-refractivity contribution in [2.24, 2.45) is 17.8 Å². The highest BCUT2D eigenvalue weighted by Crippen LogP contribution is 2.42. The van der Waals surface area contributed by atoms with E-state index in [4.69, 9.17) is 9.47 Å². The first kappa shape index (κ1) is 18.2. The van der Waals surface area contributed by atoms with Crippen LogP contribution in [0.5, 0.6) is 0 Å². The summed E-state index contributed by atoms with van der Waals surface area (Å²) >= 11 is 0. The van der Waals surface area contributed by atoms with E-state index < -0.39 is 0 Å². The molecule has 1 atom stereocenters. The average molecular weight is 358 g/mol. The SMILES string of the molecule is Fc1ccc(C2=CCC([C@H]3CC[C@H](CCC4OCCO4)CC3)CC2)cc1. The van der Waals surface area contributed by atoms with Crippen LogP contribution in [0.15, 0.2) is 30.3 Å². The van der Waals surface area contributed by atoms with Gasteiger partial charge >= 0.3 is 0 Å². The second-order valence-corrected chi connectivity index (χ2v) is 8.30. The van der Waals surface area contributed by atoms with E-state index in [2.05, 4.69) is 6.08 Å². The molecule has 0 radical (unpaired) electrons. The summed E-state index contributed by atoms with van der Waals surface area (Å²) in [5, 5.41) is 0. The number of benzene rings is 1. The molecule has 2 aliphatic carbocycles. The van der Waals surface area contributed by atoms with Gasteiger partial charge in [0, 0.05) is 0 Å². The topological polar surface area (TPSA) is 18.5 Å². The largest absolute Gasteiger partial charge is 0.350 e. The lowest BCUT2D eigenvalue weighted by molar-refractivity contribution is -0.0513. The van der Waals surface area contributed by atoms with E-state index in [1.165, 1.54) is 56.1 Å². The van der Waals surface area contributed by atoms with Gasteiger partial charge in [-0.05, 0) is 86.0 Å². The predicted octanol–water partition coefficient (Wildman–Crippen LogP) is 5.97. The van der Waals surface area contributed by atoms with Crippen LogP contribution in [0.25, 0.3) is 5.57 Å². The highest BCUT2D eigenvalue weighted by molar-refractivity contribution is 5.66. The van der Waals surface area contributed by atoms with Crippen molar-refractivity contribution in [1.29, 1.82) is 0 Å². The van der Waals surface area contributed by atoms with Crippen LogP contribution in [0.4, 0.5) is 4.39 Å².